The van der Waals surface area contributed by atoms with Gasteiger partial charge in [0.05, 0.1) is 0 Å². The minimum Gasteiger partial charge on any atom is -0.242 e. The number of hydrogen-bond acceptors (Lipinski definition) is 1. The molecule has 356 valence electrons. The van der Waals surface area contributed by atoms with Crippen molar-refractivity contribution in [2.45, 2.75) is 326 Å². The molecule has 0 spiro atoms. The molecule has 0 N–H and O–H groups in total. The lowest BCUT2D eigenvalue weighted by Gasteiger charge is -2.60. The minimum absolute atomic E-state index is 0.00381. The van der Waals surface area contributed by atoms with E-state index < -0.39 is 11.3 Å². The molecule has 2 unspecified atom stereocenters. The molecule has 0 nitrogen and oxygen atoms in total. The molecule has 0 saturated carbocycles. The lowest BCUT2D eigenvalue weighted by Crippen LogP contribution is -2.59. The average Bonchev–Trinajstić information content (AvgIpc) is 3.23. The standard InChI is InChI=1S/C56H112F2S/c1-13-25-35-47-55(57,53(43-31-19-7,44-32-20-8)51(37-23-11,39-27-15-3)40-28-16-4)49-59-50-56(58,48-36-26-14-2)54(45-33-21-9,46-34-22-10)52(38-24-12,41-29-17-5)42-30-18-6/h13-50H2,1-12H3. The van der Waals surface area contributed by atoms with Crippen LogP contribution >= 0.6 is 11.8 Å². The third-order valence-electron chi connectivity index (χ3n) is 16.1. The van der Waals surface area contributed by atoms with Gasteiger partial charge in [0.25, 0.3) is 0 Å². The Balaban J connectivity index is 8.22. The number of unbranched alkanes of at least 4 members (excludes halogenated alkanes) is 12. The zero-order valence-corrected chi connectivity index (χ0v) is 43.9. The fraction of sp³-hybridized carbons (Fsp3) is 1.00. The number of thioether (sulfide) groups is 1. The zero-order valence-electron chi connectivity index (χ0n) is 43.0. The van der Waals surface area contributed by atoms with Gasteiger partial charge < -0.3 is 0 Å². The first-order chi connectivity index (χ1) is 28.4. The van der Waals surface area contributed by atoms with E-state index in [0.717, 1.165) is 167 Å². The predicted molar refractivity (Wildman–Crippen MR) is 269 cm³/mol. The third kappa shape index (κ3) is 16.9. The van der Waals surface area contributed by atoms with E-state index in [1.54, 1.807) is 11.8 Å². The van der Waals surface area contributed by atoms with Crippen LogP contribution in [0.25, 0.3) is 0 Å². The molecule has 0 aliphatic rings. The molecule has 0 aromatic heterocycles. The largest absolute Gasteiger partial charge is 0.242 e. The summed E-state index contributed by atoms with van der Waals surface area (Å²) in [6.07, 6.45) is 39.2. The summed E-state index contributed by atoms with van der Waals surface area (Å²) in [6, 6.07) is 0. The number of rotatable bonds is 44. The molecule has 0 amide bonds. The summed E-state index contributed by atoms with van der Waals surface area (Å²) < 4.78 is 39.8. The van der Waals surface area contributed by atoms with Crippen LogP contribution in [-0.4, -0.2) is 22.8 Å². The molecule has 0 saturated heterocycles. The Hall–Kier alpha value is 0.210. The van der Waals surface area contributed by atoms with E-state index in [1.165, 1.54) is 51.4 Å². The van der Waals surface area contributed by atoms with Gasteiger partial charge in [-0.2, -0.15) is 11.8 Å². The number of hydrogen-bond donors (Lipinski definition) is 0. The van der Waals surface area contributed by atoms with Gasteiger partial charge in [-0.25, -0.2) is 8.78 Å². The Labute approximate surface area is 377 Å². The maximum absolute atomic E-state index is 19.9. The van der Waals surface area contributed by atoms with E-state index in [1.807, 2.05) is 0 Å². The molecule has 0 rings (SSSR count). The van der Waals surface area contributed by atoms with Crippen LogP contribution in [0.2, 0.25) is 0 Å². The summed E-state index contributed by atoms with van der Waals surface area (Å²) in [6.45, 7) is 28.0. The first-order valence-corrected chi connectivity index (χ1v) is 28.5. The van der Waals surface area contributed by atoms with Crippen molar-refractivity contribution < 1.29 is 8.78 Å². The van der Waals surface area contributed by atoms with Crippen LogP contribution in [0.15, 0.2) is 0 Å². The van der Waals surface area contributed by atoms with Crippen LogP contribution in [-0.2, 0) is 0 Å². The highest BCUT2D eigenvalue weighted by atomic mass is 32.2. The van der Waals surface area contributed by atoms with Crippen molar-refractivity contribution in [1.82, 2.24) is 0 Å². The SMILES string of the molecule is CCCCCC(F)(CSCC(F)(CCCCC)C(CCCC)(CCCC)C(CCC)(CCCC)CCCC)C(CCCC)(CCCC)C(CCC)(CCCC)CCCC. The molecule has 0 aromatic rings. The second kappa shape index (κ2) is 33.7. The molecule has 0 aliphatic carbocycles. The maximum Gasteiger partial charge on any atom is 0.126 e. The topological polar surface area (TPSA) is 0 Å². The fourth-order valence-corrected chi connectivity index (χ4v) is 14.4. The molecule has 0 radical (unpaired) electrons. The van der Waals surface area contributed by atoms with Crippen molar-refractivity contribution in [3.63, 3.8) is 0 Å². The highest BCUT2D eigenvalue weighted by Crippen LogP contribution is 2.66. The van der Waals surface area contributed by atoms with Crippen LogP contribution in [0, 0.1) is 21.7 Å². The van der Waals surface area contributed by atoms with Crippen molar-refractivity contribution >= 4 is 11.8 Å². The molecule has 0 fully saturated rings. The van der Waals surface area contributed by atoms with Gasteiger partial charge in [0.2, 0.25) is 0 Å². The van der Waals surface area contributed by atoms with Crippen LogP contribution in [0.3, 0.4) is 0 Å². The van der Waals surface area contributed by atoms with Crippen molar-refractivity contribution in [3.05, 3.63) is 0 Å². The monoisotopic (exact) mass is 855 g/mol. The smallest absolute Gasteiger partial charge is 0.126 e. The van der Waals surface area contributed by atoms with Gasteiger partial charge >= 0.3 is 0 Å². The van der Waals surface area contributed by atoms with E-state index in [4.69, 9.17) is 0 Å². The summed E-state index contributed by atoms with van der Waals surface area (Å²) in [5.41, 5.74) is -3.36. The molecule has 0 aliphatic heterocycles. The molecular weight excluding hydrogens is 743 g/mol. The predicted octanol–water partition coefficient (Wildman–Crippen LogP) is 21.4. The summed E-state index contributed by atoms with van der Waals surface area (Å²) in [4.78, 5) is 0. The van der Waals surface area contributed by atoms with Gasteiger partial charge in [0, 0.05) is 22.3 Å². The Morgan fingerprint density at radius 2 is 0.492 bits per heavy atom. The van der Waals surface area contributed by atoms with Crippen molar-refractivity contribution in [3.8, 4) is 0 Å². The average molecular weight is 856 g/mol. The lowest BCUT2D eigenvalue weighted by molar-refractivity contribution is -0.134. The Bertz CT molecular complexity index is 840. The molecule has 0 aromatic carbocycles. The third-order valence-corrected chi connectivity index (χ3v) is 17.4. The van der Waals surface area contributed by atoms with Crippen LogP contribution in [0.4, 0.5) is 8.78 Å². The normalized spacial score (nSPS) is 15.2. The highest BCUT2D eigenvalue weighted by Gasteiger charge is 2.63. The van der Waals surface area contributed by atoms with E-state index >= 15 is 8.78 Å². The maximum atomic E-state index is 19.9. The van der Waals surface area contributed by atoms with Gasteiger partial charge in [-0.3, -0.25) is 0 Å². The quantitative estimate of drug-likeness (QED) is 0.0550. The summed E-state index contributed by atoms with van der Waals surface area (Å²) >= 11 is 1.78. The van der Waals surface area contributed by atoms with Crippen LogP contribution in [0.5, 0.6) is 0 Å². The molecule has 0 bridgehead atoms. The van der Waals surface area contributed by atoms with E-state index in [0.29, 0.717) is 24.3 Å². The van der Waals surface area contributed by atoms with Gasteiger partial charge in [0.1, 0.15) is 11.3 Å². The molecule has 59 heavy (non-hydrogen) atoms. The van der Waals surface area contributed by atoms with Gasteiger partial charge in [0.15, 0.2) is 0 Å². The van der Waals surface area contributed by atoms with Crippen molar-refractivity contribution in [1.29, 1.82) is 0 Å². The Morgan fingerprint density at radius 1 is 0.254 bits per heavy atom. The zero-order chi connectivity index (χ0) is 44.6. The van der Waals surface area contributed by atoms with Crippen LogP contribution in [0.1, 0.15) is 314 Å². The summed E-state index contributed by atoms with van der Waals surface area (Å²) in [5, 5.41) is 0. The summed E-state index contributed by atoms with van der Waals surface area (Å²) in [5.74, 6) is 0.964. The van der Waals surface area contributed by atoms with Gasteiger partial charge in [-0.1, -0.05) is 237 Å². The number of halogens is 2. The van der Waals surface area contributed by atoms with Crippen LogP contribution < -0.4 is 0 Å². The molecule has 2 atom stereocenters. The van der Waals surface area contributed by atoms with Gasteiger partial charge in [-0.15, -0.1) is 0 Å². The Morgan fingerprint density at radius 3 is 0.712 bits per heavy atom. The second-order valence-electron chi connectivity index (χ2n) is 20.4. The molecular formula is C56H112F2S. The van der Waals surface area contributed by atoms with E-state index in [9.17, 15) is 0 Å². The number of alkyl halides is 2. The molecule has 0 heterocycles. The van der Waals surface area contributed by atoms with E-state index in [-0.39, 0.29) is 21.7 Å². The lowest BCUT2D eigenvalue weighted by atomic mass is 9.47. The first kappa shape index (κ1) is 59.2. The first-order valence-electron chi connectivity index (χ1n) is 27.4. The highest BCUT2D eigenvalue weighted by molar-refractivity contribution is 7.99. The van der Waals surface area contributed by atoms with Crippen molar-refractivity contribution in [2.24, 2.45) is 21.7 Å². The van der Waals surface area contributed by atoms with Crippen molar-refractivity contribution in [2.75, 3.05) is 11.5 Å². The summed E-state index contributed by atoms with van der Waals surface area (Å²) in [7, 11) is 0. The minimum atomic E-state index is -1.31. The fourth-order valence-electron chi connectivity index (χ4n) is 12.9. The van der Waals surface area contributed by atoms with Gasteiger partial charge in [-0.05, 0) is 87.9 Å². The van der Waals surface area contributed by atoms with E-state index in [2.05, 4.69) is 83.1 Å². The Kier molecular flexibility index (Phi) is 33.8. The second-order valence-corrected chi connectivity index (χ2v) is 21.4. The molecule has 3 heteroatoms.